The minimum Gasteiger partial charge on any atom is -0.318 e. The summed E-state index contributed by atoms with van der Waals surface area (Å²) in [4.78, 5) is 14.1. The highest BCUT2D eigenvalue weighted by Crippen LogP contribution is 2.26. The first-order chi connectivity index (χ1) is 11.6. The van der Waals surface area contributed by atoms with E-state index in [0.717, 1.165) is 30.6 Å². The molecule has 0 saturated heterocycles. The predicted octanol–water partition coefficient (Wildman–Crippen LogP) is 4.21. The molecule has 0 fully saturated rings. The molecule has 1 amide bonds. The second-order valence-corrected chi connectivity index (χ2v) is 6.33. The van der Waals surface area contributed by atoms with Crippen LogP contribution in [-0.2, 0) is 11.2 Å². The average Bonchev–Trinajstić information content (AvgIpc) is 2.60. The van der Waals surface area contributed by atoms with Gasteiger partial charge >= 0.3 is 0 Å². The molecule has 1 aliphatic rings. The number of anilines is 1. The van der Waals surface area contributed by atoms with Crippen molar-refractivity contribution in [2.24, 2.45) is 0 Å². The third kappa shape index (κ3) is 3.83. The van der Waals surface area contributed by atoms with Crippen molar-refractivity contribution >= 4 is 46.6 Å². The fourth-order valence-corrected chi connectivity index (χ4v) is 3.22. The lowest BCUT2D eigenvalue weighted by molar-refractivity contribution is -0.115. The van der Waals surface area contributed by atoms with E-state index in [9.17, 15) is 4.79 Å². The highest BCUT2D eigenvalue weighted by Gasteiger charge is 2.20. The summed E-state index contributed by atoms with van der Waals surface area (Å²) in [6.45, 7) is 0.810. The predicted molar refractivity (Wildman–Crippen MR) is 103 cm³/mol. The average molecular weight is 357 g/mol. The second kappa shape index (κ2) is 7.60. The molecule has 1 N–H and O–H groups in total. The van der Waals surface area contributed by atoms with Crippen molar-refractivity contribution in [3.63, 3.8) is 0 Å². The minimum atomic E-state index is -0.261. The summed E-state index contributed by atoms with van der Waals surface area (Å²) in [6, 6.07) is 15.5. The summed E-state index contributed by atoms with van der Waals surface area (Å²) in [6.07, 6.45) is 5.19. The number of fused-ring (bicyclic) bond motifs is 1. The third-order valence-electron chi connectivity index (χ3n) is 3.91. The van der Waals surface area contributed by atoms with Crippen molar-refractivity contribution in [1.29, 1.82) is 0 Å². The molecule has 122 valence electrons. The largest absolute Gasteiger partial charge is 0.318 e. The summed E-state index contributed by atoms with van der Waals surface area (Å²) in [5.74, 6) is -0.261. The van der Waals surface area contributed by atoms with E-state index in [0.29, 0.717) is 10.1 Å². The van der Waals surface area contributed by atoms with Gasteiger partial charge in [-0.25, -0.2) is 0 Å². The van der Waals surface area contributed by atoms with Crippen LogP contribution in [0.25, 0.3) is 6.08 Å². The molecule has 0 aliphatic carbocycles. The van der Waals surface area contributed by atoms with Crippen LogP contribution in [0.1, 0.15) is 17.5 Å². The van der Waals surface area contributed by atoms with Crippen molar-refractivity contribution < 1.29 is 4.79 Å². The van der Waals surface area contributed by atoms with Gasteiger partial charge in [0.1, 0.15) is 0 Å². The molecule has 2 aromatic rings. The number of thiocarbonyl (C=S) groups is 1. The summed E-state index contributed by atoms with van der Waals surface area (Å²) >= 11 is 11.5. The first-order valence-electron chi connectivity index (χ1n) is 7.78. The Bertz CT molecular complexity index is 803. The molecule has 0 radical (unpaired) electrons. The fraction of sp³-hybridized carbons (Fsp3) is 0.158. The van der Waals surface area contributed by atoms with Crippen molar-refractivity contribution in [2.45, 2.75) is 12.8 Å². The zero-order valence-corrected chi connectivity index (χ0v) is 14.6. The molecule has 0 bridgehead atoms. The lowest BCUT2D eigenvalue weighted by Gasteiger charge is -2.31. The van der Waals surface area contributed by atoms with Gasteiger partial charge in [-0.2, -0.15) is 0 Å². The summed E-state index contributed by atoms with van der Waals surface area (Å²) in [5, 5.41) is 3.80. The van der Waals surface area contributed by atoms with Crippen LogP contribution in [0.2, 0.25) is 5.02 Å². The molecule has 24 heavy (non-hydrogen) atoms. The topological polar surface area (TPSA) is 32.3 Å². The molecule has 3 nitrogen and oxygen atoms in total. The van der Waals surface area contributed by atoms with E-state index in [1.165, 1.54) is 11.6 Å². The van der Waals surface area contributed by atoms with E-state index in [-0.39, 0.29) is 5.91 Å². The smallest absolute Gasteiger partial charge is 0.250 e. The van der Waals surface area contributed by atoms with E-state index in [1.54, 1.807) is 12.1 Å². The lowest BCUT2D eigenvalue weighted by Crippen LogP contribution is -2.44. The monoisotopic (exact) mass is 356 g/mol. The van der Waals surface area contributed by atoms with Gasteiger partial charge in [-0.15, -0.1) is 0 Å². The zero-order valence-electron chi connectivity index (χ0n) is 13.0. The van der Waals surface area contributed by atoms with Gasteiger partial charge < -0.3 is 4.90 Å². The molecule has 0 aromatic heterocycles. The Morgan fingerprint density at radius 1 is 1.17 bits per heavy atom. The number of hydrogen-bond donors (Lipinski definition) is 1. The molecular weight excluding hydrogens is 340 g/mol. The number of hydrogen-bond acceptors (Lipinski definition) is 2. The molecule has 0 saturated carbocycles. The van der Waals surface area contributed by atoms with Gasteiger partial charge in [-0.3, -0.25) is 10.1 Å². The van der Waals surface area contributed by atoms with Crippen molar-refractivity contribution in [3.8, 4) is 0 Å². The van der Waals surface area contributed by atoms with Crippen LogP contribution >= 0.6 is 23.8 Å². The quantitative estimate of drug-likeness (QED) is 0.646. The van der Waals surface area contributed by atoms with Gasteiger partial charge in [-0.05, 0) is 54.4 Å². The molecule has 0 unspecified atom stereocenters. The maximum absolute atomic E-state index is 12.1. The van der Waals surface area contributed by atoms with Gasteiger partial charge in [0.05, 0.1) is 0 Å². The molecule has 1 heterocycles. The molecule has 5 heteroatoms. The fourth-order valence-electron chi connectivity index (χ4n) is 2.73. The number of carbonyl (C=O) groups excluding carboxylic acids is 1. The second-order valence-electron chi connectivity index (χ2n) is 5.53. The molecule has 1 aliphatic heterocycles. The van der Waals surface area contributed by atoms with Crippen molar-refractivity contribution in [1.82, 2.24) is 5.32 Å². The number of rotatable bonds is 2. The summed E-state index contributed by atoms with van der Waals surface area (Å²) in [7, 11) is 0. The van der Waals surface area contributed by atoms with Crippen LogP contribution in [0.4, 0.5) is 5.69 Å². The standard InChI is InChI=1S/C19H17ClN2OS/c20-16-9-3-1-6-14(16)11-12-18(23)21-19(24)22-13-5-8-15-7-2-4-10-17(15)22/h1-4,6-7,9-12H,5,8,13H2,(H,21,23,24)/b12-11+. The highest BCUT2D eigenvalue weighted by atomic mass is 35.5. The van der Waals surface area contributed by atoms with Crippen LogP contribution in [0.5, 0.6) is 0 Å². The SMILES string of the molecule is O=C(/C=C/c1ccccc1Cl)NC(=S)N1CCCc2ccccc21. The molecule has 0 atom stereocenters. The number of nitrogens with one attached hydrogen (secondary N) is 1. The Labute approximate surface area is 151 Å². The van der Waals surface area contributed by atoms with Gasteiger partial charge in [0.25, 0.3) is 0 Å². The number of nitrogens with zero attached hydrogens (tertiary/aromatic N) is 1. The Hall–Kier alpha value is -2.17. The van der Waals surface area contributed by atoms with Crippen LogP contribution in [0.3, 0.4) is 0 Å². The Balaban J connectivity index is 1.67. The van der Waals surface area contributed by atoms with Gasteiger partial charge in [-0.1, -0.05) is 48.0 Å². The number of halogens is 1. The van der Waals surface area contributed by atoms with E-state index >= 15 is 0 Å². The summed E-state index contributed by atoms with van der Waals surface area (Å²) in [5.41, 5.74) is 3.12. The molecule has 0 spiro atoms. The summed E-state index contributed by atoms with van der Waals surface area (Å²) < 4.78 is 0. The Kier molecular flexibility index (Phi) is 5.28. The first-order valence-corrected chi connectivity index (χ1v) is 8.57. The Morgan fingerprint density at radius 2 is 1.92 bits per heavy atom. The van der Waals surface area contributed by atoms with Gasteiger partial charge in [0, 0.05) is 23.3 Å². The maximum atomic E-state index is 12.1. The third-order valence-corrected chi connectivity index (χ3v) is 4.57. The van der Waals surface area contributed by atoms with E-state index in [2.05, 4.69) is 11.4 Å². The first kappa shape index (κ1) is 16.7. The van der Waals surface area contributed by atoms with Gasteiger partial charge in [0.2, 0.25) is 5.91 Å². The number of benzene rings is 2. The molecule has 2 aromatic carbocycles. The van der Waals surface area contributed by atoms with Gasteiger partial charge in [0.15, 0.2) is 5.11 Å². The van der Waals surface area contributed by atoms with Crippen LogP contribution in [0, 0.1) is 0 Å². The zero-order chi connectivity index (χ0) is 16.9. The van der Waals surface area contributed by atoms with E-state index < -0.39 is 0 Å². The van der Waals surface area contributed by atoms with E-state index in [1.807, 2.05) is 41.3 Å². The van der Waals surface area contributed by atoms with E-state index in [4.69, 9.17) is 23.8 Å². The minimum absolute atomic E-state index is 0.261. The molecular formula is C19H17ClN2OS. The van der Waals surface area contributed by atoms with Crippen molar-refractivity contribution in [3.05, 3.63) is 70.8 Å². The Morgan fingerprint density at radius 3 is 2.75 bits per heavy atom. The van der Waals surface area contributed by atoms with Crippen LogP contribution in [-0.4, -0.2) is 17.6 Å². The van der Waals surface area contributed by atoms with Crippen LogP contribution < -0.4 is 10.2 Å². The number of carbonyl (C=O) groups is 1. The highest BCUT2D eigenvalue weighted by molar-refractivity contribution is 7.80. The number of amides is 1. The van der Waals surface area contributed by atoms with Crippen LogP contribution in [0.15, 0.2) is 54.6 Å². The normalized spacial score (nSPS) is 13.6. The number of aryl methyl sites for hydroxylation is 1. The van der Waals surface area contributed by atoms with Crippen molar-refractivity contribution in [2.75, 3.05) is 11.4 Å². The maximum Gasteiger partial charge on any atom is 0.250 e. The number of para-hydroxylation sites is 1. The lowest BCUT2D eigenvalue weighted by atomic mass is 10.0. The molecule has 3 rings (SSSR count).